The second-order valence-electron chi connectivity index (χ2n) is 25.6. The number of hydrogen-bond donors (Lipinski definition) is 3. The van der Waals surface area contributed by atoms with Crippen molar-refractivity contribution in [2.24, 2.45) is 0 Å². The number of nitrogens with one attached hydrogen (secondary N) is 1. The van der Waals surface area contributed by atoms with Crippen molar-refractivity contribution in [3.05, 3.63) is 12.2 Å². The molecule has 6 heteroatoms. The van der Waals surface area contributed by atoms with Crippen LogP contribution in [0.15, 0.2) is 12.2 Å². The highest BCUT2D eigenvalue weighted by molar-refractivity contribution is 5.76. The minimum Gasteiger partial charge on any atom is -0.466 e. The third-order valence-corrected chi connectivity index (χ3v) is 17.6. The van der Waals surface area contributed by atoms with E-state index in [4.69, 9.17) is 4.74 Å². The zero-order valence-electron chi connectivity index (χ0n) is 54.6. The Morgan fingerprint density at radius 3 is 0.887 bits per heavy atom. The molecule has 0 aromatic heterocycles. The number of amides is 1. The van der Waals surface area contributed by atoms with Crippen molar-refractivity contribution in [1.29, 1.82) is 0 Å². The minimum absolute atomic E-state index is 0.0155. The van der Waals surface area contributed by atoms with Crippen LogP contribution < -0.4 is 5.32 Å². The van der Waals surface area contributed by atoms with Crippen LogP contribution in [0.3, 0.4) is 0 Å². The zero-order chi connectivity index (χ0) is 57.8. The van der Waals surface area contributed by atoms with Gasteiger partial charge in [0.1, 0.15) is 0 Å². The Kier molecular flexibility index (Phi) is 68.9. The number of rotatable bonds is 70. The zero-order valence-corrected chi connectivity index (χ0v) is 54.6. The molecule has 0 aromatic carbocycles. The van der Waals surface area contributed by atoms with Gasteiger partial charge in [-0.1, -0.05) is 373 Å². The normalized spacial score (nSPS) is 12.5. The molecule has 2 unspecified atom stereocenters. The molecular weight excluding hydrogens is 983 g/mol. The second kappa shape index (κ2) is 70.1. The number of carbonyl (C=O) groups is 2. The summed E-state index contributed by atoms with van der Waals surface area (Å²) in [5.41, 5.74) is 0. The first-order valence-corrected chi connectivity index (χ1v) is 36.9. The van der Waals surface area contributed by atoms with Gasteiger partial charge in [0, 0.05) is 12.8 Å². The standard InChI is InChI=1S/C74H145NO5/c1-3-5-7-9-11-13-15-17-19-21-23-27-31-34-38-42-46-50-54-58-62-66-72(77)71(70-76)75-73(78)67-63-59-55-51-47-43-39-35-32-28-25-24-26-29-33-37-41-45-49-53-57-61-65-69-80-74(79)68-64-60-56-52-48-44-40-36-30-22-20-18-16-14-12-10-8-6-4-2/h18,20,71-72,76-77H,3-17,19,21-70H2,1-2H3,(H,75,78)/b20-18-. The number of allylic oxidation sites excluding steroid dienone is 2. The minimum atomic E-state index is -0.665. The molecule has 6 nitrogen and oxygen atoms in total. The highest BCUT2D eigenvalue weighted by Crippen LogP contribution is 2.20. The number of hydrogen-bond acceptors (Lipinski definition) is 5. The smallest absolute Gasteiger partial charge is 0.305 e. The van der Waals surface area contributed by atoms with Crippen LogP contribution in [0, 0.1) is 0 Å². The fourth-order valence-electron chi connectivity index (χ4n) is 11.9. The summed E-state index contributed by atoms with van der Waals surface area (Å²) in [6.07, 6.45) is 86.9. The van der Waals surface area contributed by atoms with Gasteiger partial charge in [0.15, 0.2) is 0 Å². The Hall–Kier alpha value is -1.40. The summed E-state index contributed by atoms with van der Waals surface area (Å²) in [5.74, 6) is -0.0138. The number of aliphatic hydroxyl groups excluding tert-OH is 2. The maximum Gasteiger partial charge on any atom is 0.305 e. The Morgan fingerprint density at radius 1 is 0.338 bits per heavy atom. The first-order chi connectivity index (χ1) is 39.5. The molecule has 0 aromatic rings. The average molecular weight is 1130 g/mol. The van der Waals surface area contributed by atoms with Crippen LogP contribution in [-0.2, 0) is 14.3 Å². The SMILES string of the molecule is CCCCCCCC/C=C\CCCCCCCCCCCC(=O)OCCCCCCCCCCCCCCCCCCCCCCCCCC(=O)NC(CO)C(O)CCCCCCCCCCCCCCCCCCCCCCC. The largest absolute Gasteiger partial charge is 0.466 e. The van der Waals surface area contributed by atoms with Crippen LogP contribution in [0.5, 0.6) is 0 Å². The number of esters is 1. The summed E-state index contributed by atoms with van der Waals surface area (Å²) in [6, 6.07) is -0.542. The topological polar surface area (TPSA) is 95.9 Å². The Bertz CT molecular complexity index is 1210. The maximum atomic E-state index is 12.6. The van der Waals surface area contributed by atoms with Crippen LogP contribution in [0.1, 0.15) is 425 Å². The van der Waals surface area contributed by atoms with Crippen LogP contribution in [0.25, 0.3) is 0 Å². The molecule has 476 valence electrons. The predicted molar refractivity (Wildman–Crippen MR) is 352 cm³/mol. The monoisotopic (exact) mass is 1130 g/mol. The van der Waals surface area contributed by atoms with Crippen molar-refractivity contribution < 1.29 is 24.5 Å². The molecule has 1 amide bonds. The number of aliphatic hydroxyl groups is 2. The van der Waals surface area contributed by atoms with E-state index in [9.17, 15) is 19.8 Å². The highest BCUT2D eigenvalue weighted by atomic mass is 16.5. The van der Waals surface area contributed by atoms with Gasteiger partial charge < -0.3 is 20.3 Å². The molecule has 80 heavy (non-hydrogen) atoms. The number of unbranched alkanes of at least 4 members (excludes halogenated alkanes) is 57. The first kappa shape index (κ1) is 78.6. The fourth-order valence-corrected chi connectivity index (χ4v) is 11.9. The molecule has 0 bridgehead atoms. The van der Waals surface area contributed by atoms with Crippen molar-refractivity contribution in [3.63, 3.8) is 0 Å². The molecule has 0 saturated heterocycles. The van der Waals surface area contributed by atoms with E-state index in [0.717, 1.165) is 38.5 Å². The number of ether oxygens (including phenoxy) is 1. The summed E-state index contributed by atoms with van der Waals surface area (Å²) < 4.78 is 5.51. The van der Waals surface area contributed by atoms with Crippen molar-refractivity contribution >= 4 is 11.9 Å². The van der Waals surface area contributed by atoms with Gasteiger partial charge >= 0.3 is 5.97 Å². The van der Waals surface area contributed by atoms with Gasteiger partial charge in [-0.3, -0.25) is 9.59 Å². The summed E-state index contributed by atoms with van der Waals surface area (Å²) in [4.78, 5) is 24.7. The van der Waals surface area contributed by atoms with E-state index in [0.29, 0.717) is 25.9 Å². The van der Waals surface area contributed by atoms with Gasteiger partial charge in [0.25, 0.3) is 0 Å². The van der Waals surface area contributed by atoms with Crippen molar-refractivity contribution in [2.45, 2.75) is 437 Å². The van der Waals surface area contributed by atoms with Crippen LogP contribution in [0.4, 0.5) is 0 Å². The molecule has 0 saturated carbocycles. The van der Waals surface area contributed by atoms with Crippen molar-refractivity contribution in [3.8, 4) is 0 Å². The van der Waals surface area contributed by atoms with Gasteiger partial charge in [-0.05, 0) is 51.4 Å². The molecule has 2 atom stereocenters. The van der Waals surface area contributed by atoms with E-state index >= 15 is 0 Å². The number of carbonyl (C=O) groups excluding carboxylic acids is 2. The van der Waals surface area contributed by atoms with E-state index in [1.54, 1.807) is 0 Å². The van der Waals surface area contributed by atoms with E-state index in [1.807, 2.05) is 0 Å². The molecular formula is C74H145NO5. The van der Waals surface area contributed by atoms with Crippen LogP contribution in [-0.4, -0.2) is 47.4 Å². The summed E-state index contributed by atoms with van der Waals surface area (Å²) in [5, 5.41) is 23.4. The molecule has 0 radical (unpaired) electrons. The van der Waals surface area contributed by atoms with Gasteiger partial charge in [0.2, 0.25) is 5.91 Å². The van der Waals surface area contributed by atoms with Crippen molar-refractivity contribution in [2.75, 3.05) is 13.2 Å². The highest BCUT2D eigenvalue weighted by Gasteiger charge is 2.20. The van der Waals surface area contributed by atoms with E-state index in [-0.39, 0.29) is 18.5 Å². The molecule has 0 aliphatic carbocycles. The van der Waals surface area contributed by atoms with Gasteiger partial charge in [-0.2, -0.15) is 0 Å². The molecule has 0 rings (SSSR count). The second-order valence-corrected chi connectivity index (χ2v) is 25.6. The Balaban J connectivity index is 3.35. The predicted octanol–water partition coefficient (Wildman–Crippen LogP) is 23.9. The lowest BCUT2D eigenvalue weighted by Crippen LogP contribution is -2.45. The van der Waals surface area contributed by atoms with Crippen LogP contribution in [0.2, 0.25) is 0 Å². The van der Waals surface area contributed by atoms with E-state index in [2.05, 4.69) is 31.3 Å². The van der Waals surface area contributed by atoms with Gasteiger partial charge in [0.05, 0.1) is 25.4 Å². The molecule has 0 aliphatic rings. The molecule has 0 aliphatic heterocycles. The van der Waals surface area contributed by atoms with Gasteiger partial charge in [-0.25, -0.2) is 0 Å². The summed E-state index contributed by atoms with van der Waals surface area (Å²) in [6.45, 7) is 5.00. The molecule has 0 fully saturated rings. The lowest BCUT2D eigenvalue weighted by Gasteiger charge is -2.22. The Labute approximate surface area is 501 Å². The van der Waals surface area contributed by atoms with Crippen molar-refractivity contribution in [1.82, 2.24) is 5.32 Å². The van der Waals surface area contributed by atoms with Gasteiger partial charge in [-0.15, -0.1) is 0 Å². The quantitative estimate of drug-likeness (QED) is 0.0320. The molecule has 0 heterocycles. The van der Waals surface area contributed by atoms with E-state index in [1.165, 1.54) is 353 Å². The third kappa shape index (κ3) is 65.7. The lowest BCUT2D eigenvalue weighted by atomic mass is 10.0. The molecule has 0 spiro atoms. The van der Waals surface area contributed by atoms with Crippen LogP contribution >= 0.6 is 0 Å². The average Bonchev–Trinajstić information content (AvgIpc) is 3.46. The van der Waals surface area contributed by atoms with E-state index < -0.39 is 12.1 Å². The fraction of sp³-hybridized carbons (Fsp3) is 0.946. The molecule has 3 N–H and O–H groups in total. The Morgan fingerprint density at radius 2 is 0.588 bits per heavy atom. The first-order valence-electron chi connectivity index (χ1n) is 36.9. The summed E-state index contributed by atoms with van der Waals surface area (Å²) >= 11 is 0. The lowest BCUT2D eigenvalue weighted by molar-refractivity contribution is -0.143. The maximum absolute atomic E-state index is 12.6. The summed E-state index contributed by atoms with van der Waals surface area (Å²) in [7, 11) is 0. The third-order valence-electron chi connectivity index (χ3n) is 17.6.